The highest BCUT2D eigenvalue weighted by atomic mass is 16.5. The lowest BCUT2D eigenvalue weighted by molar-refractivity contribution is -0.122. The number of ether oxygens (including phenoxy) is 1. The molecular formula is C11H16N2O2. The number of rotatable bonds is 1. The lowest BCUT2D eigenvalue weighted by atomic mass is 9.88. The molecule has 0 spiro atoms. The Morgan fingerprint density at radius 3 is 2.73 bits per heavy atom. The second kappa shape index (κ2) is 2.82. The molecule has 4 heteroatoms. The average molecular weight is 208 g/mol. The molecule has 82 valence electrons. The van der Waals surface area contributed by atoms with Crippen LogP contribution >= 0.6 is 0 Å². The summed E-state index contributed by atoms with van der Waals surface area (Å²) in [6.07, 6.45) is 4.02. The quantitative estimate of drug-likeness (QED) is 0.695. The lowest BCUT2D eigenvalue weighted by Crippen LogP contribution is -2.38. The molecule has 3 unspecified atom stereocenters. The van der Waals surface area contributed by atoms with Gasteiger partial charge < -0.3 is 10.1 Å². The highest BCUT2D eigenvalue weighted by Gasteiger charge is 2.47. The van der Waals surface area contributed by atoms with Gasteiger partial charge in [-0.15, -0.1) is 0 Å². The molecule has 2 saturated heterocycles. The van der Waals surface area contributed by atoms with Crippen molar-refractivity contribution in [2.45, 2.75) is 50.9 Å². The Labute approximate surface area is 89.1 Å². The average Bonchev–Trinajstić information content (AvgIpc) is 2.81. The van der Waals surface area contributed by atoms with Crippen molar-refractivity contribution < 1.29 is 9.53 Å². The van der Waals surface area contributed by atoms with Crippen molar-refractivity contribution in [2.24, 2.45) is 10.9 Å². The molecule has 0 radical (unpaired) electrons. The third-order valence-electron chi connectivity index (χ3n) is 3.65. The van der Waals surface area contributed by atoms with Gasteiger partial charge in [-0.25, -0.2) is 0 Å². The predicted octanol–water partition coefficient (Wildman–Crippen LogP) is 0.861. The fraction of sp³-hybridized carbons (Fsp3) is 0.818. The van der Waals surface area contributed by atoms with Crippen LogP contribution in [-0.2, 0) is 9.53 Å². The number of carbonyl (C=O) groups excluding carboxylic acids is 1. The number of hydrogen-bond acceptors (Lipinski definition) is 3. The van der Waals surface area contributed by atoms with Crippen molar-refractivity contribution in [1.82, 2.24) is 5.32 Å². The summed E-state index contributed by atoms with van der Waals surface area (Å²) in [5.41, 5.74) is -0.586. The number of nitrogens with zero attached hydrogens (tertiary/aromatic N) is 1. The third kappa shape index (κ3) is 1.31. The smallest absolute Gasteiger partial charge is 0.252 e. The van der Waals surface area contributed by atoms with Gasteiger partial charge in [0.1, 0.15) is 11.4 Å². The topological polar surface area (TPSA) is 50.7 Å². The van der Waals surface area contributed by atoms with Gasteiger partial charge in [0.05, 0.1) is 12.2 Å². The van der Waals surface area contributed by atoms with Crippen LogP contribution in [0, 0.1) is 5.92 Å². The van der Waals surface area contributed by atoms with Crippen molar-refractivity contribution in [3.8, 4) is 0 Å². The zero-order valence-electron chi connectivity index (χ0n) is 9.12. The first-order chi connectivity index (χ1) is 7.06. The van der Waals surface area contributed by atoms with E-state index in [9.17, 15) is 4.79 Å². The van der Waals surface area contributed by atoms with E-state index in [0.29, 0.717) is 18.1 Å². The fourth-order valence-electron chi connectivity index (χ4n) is 2.75. The summed E-state index contributed by atoms with van der Waals surface area (Å²) in [5.74, 6) is 1.20. The van der Waals surface area contributed by atoms with Crippen LogP contribution in [0.2, 0.25) is 0 Å². The summed E-state index contributed by atoms with van der Waals surface area (Å²) in [6, 6.07) is 0. The van der Waals surface area contributed by atoms with Gasteiger partial charge in [0.15, 0.2) is 0 Å². The minimum Gasteiger partial charge on any atom is -0.374 e. The first-order valence-electron chi connectivity index (χ1n) is 5.63. The van der Waals surface area contributed by atoms with Crippen LogP contribution in [0.25, 0.3) is 0 Å². The number of aliphatic imine (C=N–C) groups is 1. The van der Waals surface area contributed by atoms with Crippen LogP contribution in [0.15, 0.2) is 4.99 Å². The number of nitrogens with one attached hydrogen (secondary N) is 1. The summed E-state index contributed by atoms with van der Waals surface area (Å²) in [5, 5.41) is 2.90. The van der Waals surface area contributed by atoms with Crippen LogP contribution in [0.5, 0.6) is 0 Å². The number of carbonyl (C=O) groups is 1. The Bertz CT molecular complexity index is 348. The van der Waals surface area contributed by atoms with Crippen LogP contribution in [0.4, 0.5) is 0 Å². The molecule has 2 fully saturated rings. The van der Waals surface area contributed by atoms with E-state index in [1.165, 1.54) is 6.42 Å². The largest absolute Gasteiger partial charge is 0.374 e. The zero-order chi connectivity index (χ0) is 10.6. The molecule has 3 aliphatic rings. The van der Waals surface area contributed by atoms with E-state index in [0.717, 1.165) is 18.7 Å². The number of amides is 1. The summed E-state index contributed by atoms with van der Waals surface area (Å²) in [6.45, 7) is 3.70. The van der Waals surface area contributed by atoms with Crippen LogP contribution in [0.1, 0.15) is 33.1 Å². The standard InChI is InChI=1S/C11H16N2O2/c1-11(2)10(14)12-9(13-11)7-5-6-3-4-8(7)15-6/h6-8H,3-5H2,1-2H3,(H,12,13,14). The molecule has 1 amide bonds. The molecule has 4 nitrogen and oxygen atoms in total. The van der Waals surface area contributed by atoms with Crippen LogP contribution in [-0.4, -0.2) is 29.5 Å². The molecule has 1 N–H and O–H groups in total. The third-order valence-corrected chi connectivity index (χ3v) is 3.65. The maximum Gasteiger partial charge on any atom is 0.252 e. The highest BCUT2D eigenvalue weighted by Crippen LogP contribution is 2.40. The van der Waals surface area contributed by atoms with Gasteiger partial charge >= 0.3 is 0 Å². The van der Waals surface area contributed by atoms with Crippen LogP contribution in [0.3, 0.4) is 0 Å². The monoisotopic (exact) mass is 208 g/mol. The summed E-state index contributed by atoms with van der Waals surface area (Å²) < 4.78 is 5.77. The molecule has 3 atom stereocenters. The van der Waals surface area contributed by atoms with E-state index in [-0.39, 0.29) is 5.91 Å². The van der Waals surface area contributed by atoms with Crippen molar-refractivity contribution in [3.63, 3.8) is 0 Å². The maximum atomic E-state index is 11.6. The molecule has 0 aliphatic carbocycles. The summed E-state index contributed by atoms with van der Waals surface area (Å²) in [7, 11) is 0. The van der Waals surface area contributed by atoms with E-state index in [1.54, 1.807) is 0 Å². The summed E-state index contributed by atoms with van der Waals surface area (Å²) >= 11 is 0. The molecule has 0 aromatic carbocycles. The van der Waals surface area contributed by atoms with Crippen molar-refractivity contribution in [1.29, 1.82) is 0 Å². The Morgan fingerprint density at radius 1 is 1.47 bits per heavy atom. The normalized spacial score (nSPS) is 41.9. The second-order valence-corrected chi connectivity index (χ2v) is 5.23. The van der Waals surface area contributed by atoms with Crippen LogP contribution < -0.4 is 5.32 Å². The number of amidine groups is 1. The van der Waals surface area contributed by atoms with Gasteiger partial charge in [0.2, 0.25) is 0 Å². The van der Waals surface area contributed by atoms with E-state index in [1.807, 2.05) is 13.8 Å². The molecule has 0 aromatic rings. The zero-order valence-corrected chi connectivity index (χ0v) is 9.12. The van der Waals surface area contributed by atoms with E-state index in [4.69, 9.17) is 4.74 Å². The van der Waals surface area contributed by atoms with Crippen molar-refractivity contribution in [3.05, 3.63) is 0 Å². The Morgan fingerprint density at radius 2 is 2.27 bits per heavy atom. The second-order valence-electron chi connectivity index (χ2n) is 5.23. The van der Waals surface area contributed by atoms with Gasteiger partial charge in [-0.3, -0.25) is 9.79 Å². The SMILES string of the molecule is CC1(C)N=C(C2CC3CCC2O3)NC1=O. The van der Waals surface area contributed by atoms with Gasteiger partial charge in [-0.2, -0.15) is 0 Å². The molecule has 15 heavy (non-hydrogen) atoms. The first-order valence-corrected chi connectivity index (χ1v) is 5.63. The van der Waals surface area contributed by atoms with E-state index >= 15 is 0 Å². The minimum atomic E-state index is -0.586. The fourth-order valence-corrected chi connectivity index (χ4v) is 2.75. The number of fused-ring (bicyclic) bond motifs is 2. The molecule has 3 rings (SSSR count). The Balaban J connectivity index is 1.82. The minimum absolute atomic E-state index is 0.0141. The van der Waals surface area contributed by atoms with Gasteiger partial charge in [-0.1, -0.05) is 0 Å². The van der Waals surface area contributed by atoms with Gasteiger partial charge in [-0.05, 0) is 33.1 Å². The first kappa shape index (κ1) is 9.33. The Kier molecular flexibility index (Phi) is 1.75. The predicted molar refractivity (Wildman–Crippen MR) is 55.7 cm³/mol. The molecule has 3 aliphatic heterocycles. The van der Waals surface area contributed by atoms with E-state index in [2.05, 4.69) is 10.3 Å². The van der Waals surface area contributed by atoms with E-state index < -0.39 is 5.54 Å². The lowest BCUT2D eigenvalue weighted by Gasteiger charge is -2.17. The highest BCUT2D eigenvalue weighted by molar-refractivity contribution is 6.08. The summed E-state index contributed by atoms with van der Waals surface area (Å²) in [4.78, 5) is 16.1. The maximum absolute atomic E-state index is 11.6. The molecular weight excluding hydrogens is 192 g/mol. The Hall–Kier alpha value is -0.900. The molecule has 0 saturated carbocycles. The van der Waals surface area contributed by atoms with Crippen molar-refractivity contribution >= 4 is 11.7 Å². The molecule has 0 aromatic heterocycles. The number of hydrogen-bond donors (Lipinski definition) is 1. The van der Waals surface area contributed by atoms with Gasteiger partial charge in [0, 0.05) is 5.92 Å². The van der Waals surface area contributed by atoms with Gasteiger partial charge in [0.25, 0.3) is 5.91 Å². The molecule has 2 bridgehead atoms. The molecule has 3 heterocycles. The van der Waals surface area contributed by atoms with Crippen molar-refractivity contribution in [2.75, 3.05) is 0 Å².